The predicted octanol–water partition coefficient (Wildman–Crippen LogP) is 2.72. The van der Waals surface area contributed by atoms with Crippen molar-refractivity contribution in [2.45, 2.75) is 57.4 Å². The molecule has 0 saturated heterocycles. The summed E-state index contributed by atoms with van der Waals surface area (Å²) < 4.78 is 0. The summed E-state index contributed by atoms with van der Waals surface area (Å²) in [5, 5.41) is 12.5. The molecule has 2 N–H and O–H groups in total. The number of carboxylic acid groups (broad SMARTS) is 1. The molecule has 0 bridgehead atoms. The van der Waals surface area contributed by atoms with Gasteiger partial charge in [0.2, 0.25) is 0 Å². The highest BCUT2D eigenvalue weighted by Gasteiger charge is 2.28. The van der Waals surface area contributed by atoms with Gasteiger partial charge in [-0.25, -0.2) is 9.97 Å². The lowest BCUT2D eigenvalue weighted by Crippen LogP contribution is -2.29. The Kier molecular flexibility index (Phi) is 3.59. The molecule has 2 fully saturated rings. The molecule has 5 heteroatoms. The zero-order chi connectivity index (χ0) is 14.1. The maximum Gasteiger partial charge on any atom is 0.306 e. The van der Waals surface area contributed by atoms with Crippen molar-refractivity contribution in [1.29, 1.82) is 0 Å². The number of anilines is 1. The van der Waals surface area contributed by atoms with Crippen LogP contribution in [0.2, 0.25) is 0 Å². The summed E-state index contributed by atoms with van der Waals surface area (Å²) in [6.07, 6.45) is 5.72. The normalized spacial score (nSPS) is 26.2. The predicted molar refractivity (Wildman–Crippen MR) is 75.7 cm³/mol. The van der Waals surface area contributed by atoms with Gasteiger partial charge in [0.1, 0.15) is 11.6 Å². The summed E-state index contributed by atoms with van der Waals surface area (Å²) in [7, 11) is 0. The molecule has 108 valence electrons. The van der Waals surface area contributed by atoms with Gasteiger partial charge in [0, 0.05) is 23.7 Å². The van der Waals surface area contributed by atoms with E-state index >= 15 is 0 Å². The minimum Gasteiger partial charge on any atom is -0.481 e. The standard InChI is InChI=1S/C15H21N3O2/c1-9-8-13(18-14(16-9)10-2-3-10)17-12-6-4-11(5-7-12)15(19)20/h8,10-12H,2-7H2,1H3,(H,19,20)(H,16,17,18). The molecule has 0 aromatic carbocycles. The quantitative estimate of drug-likeness (QED) is 0.883. The van der Waals surface area contributed by atoms with Crippen molar-refractivity contribution in [1.82, 2.24) is 9.97 Å². The number of rotatable bonds is 4. The Morgan fingerprint density at radius 1 is 1.20 bits per heavy atom. The number of aromatic nitrogens is 2. The van der Waals surface area contributed by atoms with Crippen LogP contribution in [0.15, 0.2) is 6.07 Å². The Hall–Kier alpha value is -1.65. The van der Waals surface area contributed by atoms with Gasteiger partial charge in [-0.05, 0) is 45.4 Å². The molecular formula is C15H21N3O2. The van der Waals surface area contributed by atoms with Crippen molar-refractivity contribution in [3.63, 3.8) is 0 Å². The van der Waals surface area contributed by atoms with E-state index in [4.69, 9.17) is 5.11 Å². The Bertz CT molecular complexity index is 506. The van der Waals surface area contributed by atoms with Crippen LogP contribution in [0.25, 0.3) is 0 Å². The molecule has 0 atom stereocenters. The maximum absolute atomic E-state index is 10.9. The summed E-state index contributed by atoms with van der Waals surface area (Å²) in [6.45, 7) is 2.00. The minimum atomic E-state index is -0.655. The lowest BCUT2D eigenvalue weighted by molar-refractivity contribution is -0.142. The Balaban J connectivity index is 1.62. The molecule has 0 aliphatic heterocycles. The van der Waals surface area contributed by atoms with Crippen molar-refractivity contribution in [3.8, 4) is 0 Å². The van der Waals surface area contributed by atoms with E-state index in [9.17, 15) is 4.79 Å². The molecule has 20 heavy (non-hydrogen) atoms. The fourth-order valence-electron chi connectivity index (χ4n) is 2.88. The molecule has 2 aliphatic rings. The van der Waals surface area contributed by atoms with Crippen LogP contribution in [-0.2, 0) is 4.79 Å². The average molecular weight is 275 g/mol. The molecule has 0 amide bonds. The Morgan fingerprint density at radius 2 is 1.90 bits per heavy atom. The van der Waals surface area contributed by atoms with Crippen LogP contribution in [-0.4, -0.2) is 27.1 Å². The summed E-state index contributed by atoms with van der Waals surface area (Å²) in [5.74, 6) is 1.60. The number of nitrogens with one attached hydrogen (secondary N) is 1. The monoisotopic (exact) mass is 275 g/mol. The fraction of sp³-hybridized carbons (Fsp3) is 0.667. The number of aryl methyl sites for hydroxylation is 1. The summed E-state index contributed by atoms with van der Waals surface area (Å²) in [6, 6.07) is 2.32. The van der Waals surface area contributed by atoms with Crippen LogP contribution < -0.4 is 5.32 Å². The lowest BCUT2D eigenvalue weighted by Gasteiger charge is -2.27. The first-order chi connectivity index (χ1) is 9.61. The summed E-state index contributed by atoms with van der Waals surface area (Å²) in [4.78, 5) is 20.1. The van der Waals surface area contributed by atoms with E-state index in [0.717, 1.165) is 43.0 Å². The maximum atomic E-state index is 10.9. The molecule has 1 heterocycles. The van der Waals surface area contributed by atoms with E-state index in [2.05, 4.69) is 15.3 Å². The van der Waals surface area contributed by atoms with Crippen molar-refractivity contribution >= 4 is 11.8 Å². The van der Waals surface area contributed by atoms with Gasteiger partial charge in [0.15, 0.2) is 0 Å². The van der Waals surface area contributed by atoms with Gasteiger partial charge in [0.25, 0.3) is 0 Å². The Morgan fingerprint density at radius 3 is 2.50 bits per heavy atom. The molecule has 1 aromatic heterocycles. The van der Waals surface area contributed by atoms with Crippen LogP contribution >= 0.6 is 0 Å². The van der Waals surface area contributed by atoms with Crippen molar-refractivity contribution < 1.29 is 9.90 Å². The number of hydrogen-bond acceptors (Lipinski definition) is 4. The zero-order valence-corrected chi connectivity index (χ0v) is 11.8. The van der Waals surface area contributed by atoms with E-state index < -0.39 is 5.97 Å². The zero-order valence-electron chi connectivity index (χ0n) is 11.8. The van der Waals surface area contributed by atoms with Gasteiger partial charge < -0.3 is 10.4 Å². The first-order valence-electron chi connectivity index (χ1n) is 7.47. The van der Waals surface area contributed by atoms with E-state index in [1.165, 1.54) is 12.8 Å². The van der Waals surface area contributed by atoms with Gasteiger partial charge in [0.05, 0.1) is 5.92 Å². The van der Waals surface area contributed by atoms with E-state index in [0.29, 0.717) is 12.0 Å². The van der Waals surface area contributed by atoms with Gasteiger partial charge in [-0.2, -0.15) is 0 Å². The third-order valence-electron chi connectivity index (χ3n) is 4.24. The summed E-state index contributed by atoms with van der Waals surface area (Å²) in [5.41, 5.74) is 1.00. The van der Waals surface area contributed by atoms with E-state index in [-0.39, 0.29) is 5.92 Å². The van der Waals surface area contributed by atoms with Crippen molar-refractivity contribution in [3.05, 3.63) is 17.6 Å². The van der Waals surface area contributed by atoms with Gasteiger partial charge in [-0.1, -0.05) is 0 Å². The SMILES string of the molecule is Cc1cc(NC2CCC(C(=O)O)CC2)nc(C2CC2)n1. The molecule has 0 spiro atoms. The molecule has 5 nitrogen and oxygen atoms in total. The topological polar surface area (TPSA) is 75.1 Å². The van der Waals surface area contributed by atoms with Crippen molar-refractivity contribution in [2.75, 3.05) is 5.32 Å². The van der Waals surface area contributed by atoms with Gasteiger partial charge >= 0.3 is 5.97 Å². The third-order valence-corrected chi connectivity index (χ3v) is 4.24. The van der Waals surface area contributed by atoms with Gasteiger partial charge in [-0.3, -0.25) is 4.79 Å². The van der Waals surface area contributed by atoms with Crippen molar-refractivity contribution in [2.24, 2.45) is 5.92 Å². The number of carbonyl (C=O) groups is 1. The largest absolute Gasteiger partial charge is 0.481 e. The first kappa shape index (κ1) is 13.3. The number of aliphatic carboxylic acids is 1. The number of nitrogens with zero attached hydrogens (tertiary/aromatic N) is 2. The molecule has 0 unspecified atom stereocenters. The molecule has 3 rings (SSSR count). The Labute approximate surface area is 118 Å². The molecule has 2 aliphatic carbocycles. The molecule has 0 radical (unpaired) electrons. The third kappa shape index (κ3) is 3.08. The summed E-state index contributed by atoms with van der Waals surface area (Å²) >= 11 is 0. The lowest BCUT2D eigenvalue weighted by atomic mass is 9.86. The average Bonchev–Trinajstić information content (AvgIpc) is 3.23. The molecular weight excluding hydrogens is 254 g/mol. The van der Waals surface area contributed by atoms with Crippen LogP contribution in [0.4, 0.5) is 5.82 Å². The second kappa shape index (κ2) is 5.38. The van der Waals surface area contributed by atoms with Gasteiger partial charge in [-0.15, -0.1) is 0 Å². The fourth-order valence-corrected chi connectivity index (χ4v) is 2.88. The molecule has 1 aromatic rings. The van der Waals surface area contributed by atoms with Crippen LogP contribution in [0.3, 0.4) is 0 Å². The highest BCUT2D eigenvalue weighted by Crippen LogP contribution is 2.38. The van der Waals surface area contributed by atoms with Crippen LogP contribution in [0.1, 0.15) is 56.0 Å². The van der Waals surface area contributed by atoms with E-state index in [1.54, 1.807) is 0 Å². The number of carboxylic acids is 1. The smallest absolute Gasteiger partial charge is 0.306 e. The van der Waals surface area contributed by atoms with Crippen LogP contribution in [0, 0.1) is 12.8 Å². The minimum absolute atomic E-state index is 0.165. The first-order valence-corrected chi connectivity index (χ1v) is 7.47. The second-order valence-electron chi connectivity index (χ2n) is 6.06. The highest BCUT2D eigenvalue weighted by atomic mass is 16.4. The van der Waals surface area contributed by atoms with E-state index in [1.807, 2.05) is 13.0 Å². The highest BCUT2D eigenvalue weighted by molar-refractivity contribution is 5.70. The number of hydrogen-bond donors (Lipinski definition) is 2. The van der Waals surface area contributed by atoms with Crippen LogP contribution in [0.5, 0.6) is 0 Å². The molecule has 2 saturated carbocycles. The second-order valence-corrected chi connectivity index (χ2v) is 6.06.